The fourth-order valence-corrected chi connectivity index (χ4v) is 2.93. The number of piperazine rings is 1. The van der Waals surface area contributed by atoms with Gasteiger partial charge in [0.15, 0.2) is 0 Å². The van der Waals surface area contributed by atoms with Gasteiger partial charge in [0, 0.05) is 24.7 Å². The smallest absolute Gasteiger partial charge is 0.0252 e. The molecule has 0 spiro atoms. The molecule has 3 heteroatoms. The minimum absolute atomic E-state index is 0.297. The van der Waals surface area contributed by atoms with E-state index in [1.165, 1.54) is 38.1 Å². The molecule has 1 fully saturated rings. The van der Waals surface area contributed by atoms with Crippen LogP contribution in [0.15, 0.2) is 0 Å². The number of nitrogens with zero attached hydrogens (tertiary/aromatic N) is 1. The minimum atomic E-state index is 0.297. The summed E-state index contributed by atoms with van der Waals surface area (Å²) in [6.45, 7) is 10.6. The molecule has 1 N–H and O–H groups in total. The van der Waals surface area contributed by atoms with Gasteiger partial charge in [-0.25, -0.2) is 0 Å². The average Bonchev–Trinajstić information content (AvgIpc) is 2.24. The van der Waals surface area contributed by atoms with Gasteiger partial charge >= 0.3 is 0 Å². The van der Waals surface area contributed by atoms with Crippen molar-refractivity contribution in [2.24, 2.45) is 0 Å². The summed E-state index contributed by atoms with van der Waals surface area (Å²) in [5.74, 6) is 1.31. The van der Waals surface area contributed by atoms with E-state index < -0.39 is 0 Å². The van der Waals surface area contributed by atoms with Gasteiger partial charge in [-0.05, 0) is 51.7 Å². The highest BCUT2D eigenvalue weighted by Gasteiger charge is 2.30. The molecule has 0 bridgehead atoms. The Hall–Kier alpha value is 0.270. The molecule has 0 aliphatic carbocycles. The second-order valence-corrected chi connectivity index (χ2v) is 6.48. The molecule has 1 heterocycles. The van der Waals surface area contributed by atoms with Gasteiger partial charge in [0.2, 0.25) is 0 Å². The Morgan fingerprint density at radius 3 is 2.75 bits per heavy atom. The molecule has 1 unspecified atom stereocenters. The first-order valence-corrected chi connectivity index (χ1v) is 7.96. The molecular weight excluding hydrogens is 216 g/mol. The molecule has 1 atom stereocenters. The van der Waals surface area contributed by atoms with E-state index in [4.69, 9.17) is 0 Å². The molecule has 1 aliphatic rings. The van der Waals surface area contributed by atoms with E-state index in [0.717, 1.165) is 12.6 Å². The number of hydrogen-bond acceptors (Lipinski definition) is 3. The highest BCUT2D eigenvalue weighted by atomic mass is 32.2. The van der Waals surface area contributed by atoms with Gasteiger partial charge in [0.25, 0.3) is 0 Å². The fourth-order valence-electron chi connectivity index (χ4n) is 2.44. The SMILES string of the molecule is CCC1CNC(C)(C)CN1CCCCSC. The van der Waals surface area contributed by atoms with Crippen molar-refractivity contribution >= 4 is 11.8 Å². The van der Waals surface area contributed by atoms with Gasteiger partial charge in [0.05, 0.1) is 0 Å². The first kappa shape index (κ1) is 14.3. The predicted molar refractivity (Wildman–Crippen MR) is 75.3 cm³/mol. The first-order chi connectivity index (χ1) is 7.59. The van der Waals surface area contributed by atoms with Crippen LogP contribution in [0, 0.1) is 0 Å². The highest BCUT2D eigenvalue weighted by molar-refractivity contribution is 7.98. The van der Waals surface area contributed by atoms with Crippen molar-refractivity contribution in [3.05, 3.63) is 0 Å². The molecule has 0 aromatic rings. The Morgan fingerprint density at radius 2 is 2.12 bits per heavy atom. The Bertz CT molecular complexity index is 194. The molecule has 1 rings (SSSR count). The standard InChI is InChI=1S/C13H28N2S/c1-5-12-10-14-13(2,3)11-15(12)8-6-7-9-16-4/h12,14H,5-11H2,1-4H3. The summed E-state index contributed by atoms with van der Waals surface area (Å²) in [7, 11) is 0. The van der Waals surface area contributed by atoms with Crippen LogP contribution in [0.3, 0.4) is 0 Å². The number of nitrogens with one attached hydrogen (secondary N) is 1. The van der Waals surface area contributed by atoms with Crippen molar-refractivity contribution in [2.45, 2.75) is 51.6 Å². The van der Waals surface area contributed by atoms with Crippen molar-refractivity contribution in [2.75, 3.05) is 31.6 Å². The molecule has 16 heavy (non-hydrogen) atoms. The maximum absolute atomic E-state index is 3.65. The second kappa shape index (κ2) is 6.87. The maximum atomic E-state index is 3.65. The fraction of sp³-hybridized carbons (Fsp3) is 1.00. The Kier molecular flexibility index (Phi) is 6.16. The van der Waals surface area contributed by atoms with Crippen LogP contribution in [-0.4, -0.2) is 48.1 Å². The summed E-state index contributed by atoms with van der Waals surface area (Å²) in [5.41, 5.74) is 0.297. The summed E-state index contributed by atoms with van der Waals surface area (Å²) >= 11 is 1.96. The van der Waals surface area contributed by atoms with E-state index in [1.54, 1.807) is 0 Å². The molecule has 1 aliphatic heterocycles. The maximum Gasteiger partial charge on any atom is 0.0252 e. The van der Waals surface area contributed by atoms with E-state index >= 15 is 0 Å². The number of unbranched alkanes of at least 4 members (excludes halogenated alkanes) is 1. The first-order valence-electron chi connectivity index (χ1n) is 6.57. The molecule has 96 valence electrons. The monoisotopic (exact) mass is 244 g/mol. The third-order valence-corrected chi connectivity index (χ3v) is 4.14. The lowest BCUT2D eigenvalue weighted by molar-refractivity contribution is 0.0915. The van der Waals surface area contributed by atoms with Crippen LogP contribution in [0.5, 0.6) is 0 Å². The van der Waals surface area contributed by atoms with Crippen molar-refractivity contribution < 1.29 is 0 Å². The van der Waals surface area contributed by atoms with Crippen LogP contribution in [0.1, 0.15) is 40.0 Å². The molecule has 0 aromatic heterocycles. The molecule has 0 amide bonds. The third-order valence-electron chi connectivity index (χ3n) is 3.45. The topological polar surface area (TPSA) is 15.3 Å². The Morgan fingerprint density at radius 1 is 1.38 bits per heavy atom. The van der Waals surface area contributed by atoms with Gasteiger partial charge in [0.1, 0.15) is 0 Å². The zero-order valence-corrected chi connectivity index (χ0v) is 12.2. The zero-order valence-electron chi connectivity index (χ0n) is 11.4. The van der Waals surface area contributed by atoms with Crippen molar-refractivity contribution in [3.8, 4) is 0 Å². The summed E-state index contributed by atoms with van der Waals surface area (Å²) in [6.07, 6.45) is 6.18. The third kappa shape index (κ3) is 4.64. The number of hydrogen-bond donors (Lipinski definition) is 1. The summed E-state index contributed by atoms with van der Waals surface area (Å²) in [5, 5.41) is 3.65. The molecule has 0 radical (unpaired) electrons. The number of rotatable bonds is 6. The lowest BCUT2D eigenvalue weighted by Gasteiger charge is -2.44. The van der Waals surface area contributed by atoms with E-state index in [0.29, 0.717) is 5.54 Å². The molecule has 0 aromatic carbocycles. The second-order valence-electron chi connectivity index (χ2n) is 5.50. The van der Waals surface area contributed by atoms with Crippen molar-refractivity contribution in [3.63, 3.8) is 0 Å². The van der Waals surface area contributed by atoms with Crippen LogP contribution in [0.4, 0.5) is 0 Å². The summed E-state index contributed by atoms with van der Waals surface area (Å²) in [6, 6.07) is 0.752. The van der Waals surface area contributed by atoms with Gasteiger partial charge in [-0.3, -0.25) is 4.90 Å². The van der Waals surface area contributed by atoms with Gasteiger partial charge in [-0.15, -0.1) is 0 Å². The number of thioether (sulfide) groups is 1. The summed E-state index contributed by atoms with van der Waals surface area (Å²) in [4.78, 5) is 2.69. The van der Waals surface area contributed by atoms with E-state index in [-0.39, 0.29) is 0 Å². The predicted octanol–water partition coefficient (Wildman–Crippen LogP) is 2.59. The van der Waals surface area contributed by atoms with E-state index in [2.05, 4.69) is 37.2 Å². The van der Waals surface area contributed by atoms with Crippen LogP contribution < -0.4 is 5.32 Å². The largest absolute Gasteiger partial charge is 0.309 e. The minimum Gasteiger partial charge on any atom is -0.309 e. The van der Waals surface area contributed by atoms with Crippen LogP contribution in [-0.2, 0) is 0 Å². The molecule has 2 nitrogen and oxygen atoms in total. The normalized spacial score (nSPS) is 25.9. The lowest BCUT2D eigenvalue weighted by atomic mass is 9.97. The molecule has 0 saturated carbocycles. The zero-order chi connectivity index (χ0) is 12.0. The van der Waals surface area contributed by atoms with E-state index in [1.807, 2.05) is 11.8 Å². The van der Waals surface area contributed by atoms with Crippen LogP contribution in [0.25, 0.3) is 0 Å². The van der Waals surface area contributed by atoms with Gasteiger partial charge in [-0.2, -0.15) is 11.8 Å². The Balaban J connectivity index is 2.34. The molecule has 1 saturated heterocycles. The average molecular weight is 244 g/mol. The summed E-state index contributed by atoms with van der Waals surface area (Å²) < 4.78 is 0. The Labute approximate surface area is 106 Å². The van der Waals surface area contributed by atoms with Crippen molar-refractivity contribution in [1.82, 2.24) is 10.2 Å². The quantitative estimate of drug-likeness (QED) is 0.723. The van der Waals surface area contributed by atoms with Crippen molar-refractivity contribution in [1.29, 1.82) is 0 Å². The van der Waals surface area contributed by atoms with Crippen LogP contribution >= 0.6 is 11.8 Å². The van der Waals surface area contributed by atoms with E-state index in [9.17, 15) is 0 Å². The lowest BCUT2D eigenvalue weighted by Crippen LogP contribution is -2.61. The van der Waals surface area contributed by atoms with Gasteiger partial charge in [-0.1, -0.05) is 6.92 Å². The highest BCUT2D eigenvalue weighted by Crippen LogP contribution is 2.17. The van der Waals surface area contributed by atoms with Gasteiger partial charge < -0.3 is 5.32 Å². The molecular formula is C13H28N2S. The van der Waals surface area contributed by atoms with Crippen LogP contribution in [0.2, 0.25) is 0 Å².